The lowest BCUT2D eigenvalue weighted by Crippen LogP contribution is -2.14. The average molecular weight is 443 g/mol. The SMILES string of the molecule is Cc1cc(CCCCCCC2(C(=O)O)CC2)c(C)c(CCCCCCC2(C(=O)O)CC2)c1. The lowest BCUT2D eigenvalue weighted by Gasteiger charge is -2.14. The van der Waals surface area contributed by atoms with Gasteiger partial charge in [0.05, 0.1) is 10.8 Å². The van der Waals surface area contributed by atoms with E-state index in [-0.39, 0.29) is 10.8 Å². The maximum Gasteiger partial charge on any atom is 0.309 e. The van der Waals surface area contributed by atoms with Gasteiger partial charge in [0.1, 0.15) is 0 Å². The van der Waals surface area contributed by atoms with Crippen LogP contribution < -0.4 is 0 Å². The van der Waals surface area contributed by atoms with E-state index in [0.717, 1.165) is 77.0 Å². The summed E-state index contributed by atoms with van der Waals surface area (Å²) in [4.78, 5) is 22.5. The molecule has 0 bridgehead atoms. The number of carboxylic acids is 2. The molecule has 4 heteroatoms. The molecule has 32 heavy (non-hydrogen) atoms. The summed E-state index contributed by atoms with van der Waals surface area (Å²) in [5.41, 5.74) is 5.01. The fourth-order valence-corrected chi connectivity index (χ4v) is 5.24. The Morgan fingerprint density at radius 3 is 1.41 bits per heavy atom. The van der Waals surface area contributed by atoms with E-state index in [1.165, 1.54) is 47.9 Å². The van der Waals surface area contributed by atoms with Crippen molar-refractivity contribution in [2.24, 2.45) is 10.8 Å². The highest BCUT2D eigenvalue weighted by atomic mass is 16.4. The first-order chi connectivity index (χ1) is 15.3. The molecule has 2 aliphatic carbocycles. The van der Waals surface area contributed by atoms with Crippen molar-refractivity contribution in [3.63, 3.8) is 0 Å². The first-order valence-electron chi connectivity index (χ1n) is 12.8. The van der Waals surface area contributed by atoms with Crippen molar-refractivity contribution in [2.45, 2.75) is 117 Å². The molecule has 2 aliphatic rings. The number of aliphatic carboxylic acids is 2. The molecule has 1 aromatic rings. The molecule has 0 atom stereocenters. The van der Waals surface area contributed by atoms with Gasteiger partial charge in [-0.05, 0) is 94.7 Å². The molecule has 2 fully saturated rings. The zero-order valence-corrected chi connectivity index (χ0v) is 20.2. The van der Waals surface area contributed by atoms with Gasteiger partial charge < -0.3 is 10.2 Å². The number of rotatable bonds is 16. The van der Waals surface area contributed by atoms with Crippen LogP contribution in [-0.2, 0) is 22.4 Å². The van der Waals surface area contributed by atoms with Crippen molar-refractivity contribution in [2.75, 3.05) is 0 Å². The van der Waals surface area contributed by atoms with Gasteiger partial charge in [-0.1, -0.05) is 56.2 Å². The maximum atomic E-state index is 11.3. The Bertz CT molecular complexity index is 739. The third-order valence-corrected chi connectivity index (χ3v) is 8.08. The molecular formula is C28H42O4. The van der Waals surface area contributed by atoms with Crippen molar-refractivity contribution in [3.8, 4) is 0 Å². The highest BCUT2D eigenvalue weighted by Gasteiger charge is 2.49. The molecule has 4 nitrogen and oxygen atoms in total. The smallest absolute Gasteiger partial charge is 0.309 e. The Kier molecular flexibility index (Phi) is 8.41. The predicted octanol–water partition coefficient (Wildman–Crippen LogP) is 7.02. The maximum absolute atomic E-state index is 11.3. The molecule has 1 aromatic carbocycles. The minimum Gasteiger partial charge on any atom is -0.481 e. The Balaban J connectivity index is 1.33. The van der Waals surface area contributed by atoms with Crippen LogP contribution in [0.1, 0.15) is 112 Å². The molecule has 0 aliphatic heterocycles. The molecule has 0 amide bonds. The van der Waals surface area contributed by atoms with Gasteiger partial charge in [-0.15, -0.1) is 0 Å². The molecule has 0 heterocycles. The van der Waals surface area contributed by atoms with Gasteiger partial charge in [-0.2, -0.15) is 0 Å². The third kappa shape index (κ3) is 6.59. The largest absolute Gasteiger partial charge is 0.481 e. The monoisotopic (exact) mass is 442 g/mol. The van der Waals surface area contributed by atoms with Gasteiger partial charge in [0, 0.05) is 0 Å². The van der Waals surface area contributed by atoms with E-state index in [1.54, 1.807) is 0 Å². The zero-order valence-electron chi connectivity index (χ0n) is 20.2. The topological polar surface area (TPSA) is 74.6 Å². The number of unbranched alkanes of at least 4 members (excludes halogenated alkanes) is 6. The van der Waals surface area contributed by atoms with Gasteiger partial charge >= 0.3 is 11.9 Å². The zero-order chi connectivity index (χ0) is 23.2. The number of benzene rings is 1. The van der Waals surface area contributed by atoms with E-state index in [1.807, 2.05) is 0 Å². The van der Waals surface area contributed by atoms with Gasteiger partial charge in [0.2, 0.25) is 0 Å². The van der Waals surface area contributed by atoms with Crippen molar-refractivity contribution in [1.29, 1.82) is 0 Å². The summed E-state index contributed by atoms with van der Waals surface area (Å²) >= 11 is 0. The molecule has 3 rings (SSSR count). The van der Waals surface area contributed by atoms with Crippen LogP contribution in [0.25, 0.3) is 0 Å². The van der Waals surface area contributed by atoms with Crippen molar-refractivity contribution in [1.82, 2.24) is 0 Å². The predicted molar refractivity (Wildman–Crippen MR) is 128 cm³/mol. The van der Waals surface area contributed by atoms with E-state index < -0.39 is 11.9 Å². The van der Waals surface area contributed by atoms with Crippen LogP contribution in [0.15, 0.2) is 12.1 Å². The molecule has 0 aromatic heterocycles. The van der Waals surface area contributed by atoms with E-state index in [9.17, 15) is 19.8 Å². The summed E-state index contributed by atoms with van der Waals surface area (Å²) < 4.78 is 0. The number of carboxylic acid groups (broad SMARTS) is 2. The molecule has 2 saturated carbocycles. The van der Waals surface area contributed by atoms with Crippen molar-refractivity contribution < 1.29 is 19.8 Å². The minimum atomic E-state index is -0.590. The summed E-state index contributed by atoms with van der Waals surface area (Å²) in [5, 5.41) is 18.5. The molecule has 0 saturated heterocycles. The van der Waals surface area contributed by atoms with Gasteiger partial charge in [-0.3, -0.25) is 9.59 Å². The van der Waals surface area contributed by atoms with Gasteiger partial charge in [0.15, 0.2) is 0 Å². The Morgan fingerprint density at radius 1 is 0.688 bits per heavy atom. The third-order valence-electron chi connectivity index (χ3n) is 8.08. The van der Waals surface area contributed by atoms with Crippen LogP contribution >= 0.6 is 0 Å². The fraction of sp³-hybridized carbons (Fsp3) is 0.714. The molecule has 0 radical (unpaired) electrons. The molecule has 178 valence electrons. The molecular weight excluding hydrogens is 400 g/mol. The normalized spacial score (nSPS) is 17.8. The van der Waals surface area contributed by atoms with Crippen LogP contribution in [-0.4, -0.2) is 22.2 Å². The van der Waals surface area contributed by atoms with Crippen LogP contribution in [0.4, 0.5) is 0 Å². The summed E-state index contributed by atoms with van der Waals surface area (Å²) in [6, 6.07) is 4.67. The lowest BCUT2D eigenvalue weighted by atomic mass is 9.91. The number of hydrogen-bond donors (Lipinski definition) is 2. The van der Waals surface area contributed by atoms with E-state index in [2.05, 4.69) is 26.0 Å². The molecule has 2 N–H and O–H groups in total. The second-order valence-electron chi connectivity index (χ2n) is 10.7. The molecule has 0 unspecified atom stereocenters. The second-order valence-corrected chi connectivity index (χ2v) is 10.7. The van der Waals surface area contributed by atoms with Crippen LogP contribution in [0.3, 0.4) is 0 Å². The lowest BCUT2D eigenvalue weighted by molar-refractivity contribution is -0.144. The summed E-state index contributed by atoms with van der Waals surface area (Å²) in [5.74, 6) is -1.18. The summed E-state index contributed by atoms with van der Waals surface area (Å²) in [6.45, 7) is 4.45. The van der Waals surface area contributed by atoms with E-state index >= 15 is 0 Å². The average Bonchev–Trinajstić information content (AvgIpc) is 3.65. The molecule has 0 spiro atoms. The number of carbonyl (C=O) groups is 2. The standard InChI is InChI=1S/C28H42O4/c1-21-19-23(11-7-3-5-9-13-27(15-16-27)25(29)30)22(2)24(20-21)12-8-4-6-10-14-28(17-18-28)26(31)32/h19-20H,3-18H2,1-2H3,(H,29,30)(H,31,32). The Morgan fingerprint density at radius 2 is 1.06 bits per heavy atom. The van der Waals surface area contributed by atoms with Crippen LogP contribution in [0.2, 0.25) is 0 Å². The Hall–Kier alpha value is -1.84. The van der Waals surface area contributed by atoms with Crippen LogP contribution in [0.5, 0.6) is 0 Å². The Labute approximate surface area is 193 Å². The van der Waals surface area contributed by atoms with Crippen molar-refractivity contribution in [3.05, 3.63) is 34.4 Å². The highest BCUT2D eigenvalue weighted by Crippen LogP contribution is 2.50. The van der Waals surface area contributed by atoms with Gasteiger partial charge in [0.25, 0.3) is 0 Å². The van der Waals surface area contributed by atoms with Crippen LogP contribution in [0, 0.1) is 24.7 Å². The van der Waals surface area contributed by atoms with E-state index in [4.69, 9.17) is 0 Å². The quantitative estimate of drug-likeness (QED) is 0.270. The number of hydrogen-bond acceptors (Lipinski definition) is 2. The number of aryl methyl sites for hydroxylation is 3. The van der Waals surface area contributed by atoms with Crippen molar-refractivity contribution >= 4 is 11.9 Å². The summed E-state index contributed by atoms with van der Waals surface area (Å²) in [7, 11) is 0. The first-order valence-corrected chi connectivity index (χ1v) is 12.8. The van der Waals surface area contributed by atoms with Gasteiger partial charge in [-0.25, -0.2) is 0 Å². The first kappa shape index (κ1) is 24.8. The minimum absolute atomic E-state index is 0.363. The van der Waals surface area contributed by atoms with E-state index in [0.29, 0.717) is 0 Å². The highest BCUT2D eigenvalue weighted by molar-refractivity contribution is 5.78. The fourth-order valence-electron chi connectivity index (χ4n) is 5.24. The summed E-state index contributed by atoms with van der Waals surface area (Å²) in [6.07, 6.45) is 16.5. The second kappa shape index (κ2) is 10.9.